The number of methoxy groups -OCH3 is 1. The zero-order chi connectivity index (χ0) is 14.7. The molecule has 0 amide bonds. The lowest BCUT2D eigenvalue weighted by Gasteiger charge is -2.07. The third kappa shape index (κ3) is 5.17. The van der Waals surface area contributed by atoms with E-state index in [0.29, 0.717) is 0 Å². The quantitative estimate of drug-likeness (QED) is 0.754. The average molecular weight is 327 g/mol. The molecule has 0 saturated heterocycles. The number of sulfone groups is 1. The molecule has 0 aliphatic carbocycles. The lowest BCUT2D eigenvalue weighted by molar-refractivity contribution is 0.0607. The van der Waals surface area contributed by atoms with E-state index < -0.39 is 37.3 Å². The van der Waals surface area contributed by atoms with Crippen molar-refractivity contribution in [1.82, 2.24) is 0 Å². The van der Waals surface area contributed by atoms with Crippen LogP contribution >= 0.6 is 11.3 Å². The van der Waals surface area contributed by atoms with Crippen molar-refractivity contribution < 1.29 is 26.4 Å². The van der Waals surface area contributed by atoms with Crippen LogP contribution in [0.4, 0.5) is 5.69 Å². The molecule has 1 N–H and O–H groups in total. The first-order valence-corrected chi connectivity index (χ1v) is 9.58. The van der Waals surface area contributed by atoms with E-state index in [1.807, 2.05) is 0 Å². The Morgan fingerprint density at radius 3 is 2.47 bits per heavy atom. The normalized spacial score (nSPS) is 12.1. The first kappa shape index (κ1) is 15.9. The number of anilines is 1. The minimum absolute atomic E-state index is 0.0883. The molecule has 0 spiro atoms. The molecule has 108 valence electrons. The van der Waals surface area contributed by atoms with Gasteiger partial charge in [-0.3, -0.25) is 4.72 Å². The summed E-state index contributed by atoms with van der Waals surface area (Å²) in [7, 11) is -6.02. The Bertz CT molecular complexity index is 658. The van der Waals surface area contributed by atoms with Crippen molar-refractivity contribution in [2.45, 2.75) is 0 Å². The first-order valence-electron chi connectivity index (χ1n) is 4.98. The molecule has 7 nitrogen and oxygen atoms in total. The SMILES string of the molecule is COC(=O)c1sccc1NS(=O)(=O)CCS(C)(=O)=O. The molecule has 1 heterocycles. The molecule has 10 heteroatoms. The molecule has 0 aromatic carbocycles. The highest BCUT2D eigenvalue weighted by atomic mass is 32.2. The molecule has 0 bridgehead atoms. The summed E-state index contributed by atoms with van der Waals surface area (Å²) in [4.78, 5) is 11.5. The van der Waals surface area contributed by atoms with Crippen LogP contribution in [0.1, 0.15) is 9.67 Å². The van der Waals surface area contributed by atoms with E-state index in [1.165, 1.54) is 18.6 Å². The van der Waals surface area contributed by atoms with Gasteiger partial charge in [0.1, 0.15) is 14.7 Å². The first-order chi connectivity index (χ1) is 8.64. The van der Waals surface area contributed by atoms with Gasteiger partial charge in [-0.2, -0.15) is 0 Å². The van der Waals surface area contributed by atoms with Gasteiger partial charge in [0.05, 0.1) is 24.3 Å². The van der Waals surface area contributed by atoms with Crippen LogP contribution in [0.5, 0.6) is 0 Å². The number of ether oxygens (including phenoxy) is 1. The molecule has 1 aromatic rings. The highest BCUT2D eigenvalue weighted by Gasteiger charge is 2.20. The molecule has 0 saturated carbocycles. The van der Waals surface area contributed by atoms with Crippen LogP contribution in [0.2, 0.25) is 0 Å². The van der Waals surface area contributed by atoms with Crippen molar-refractivity contribution in [3.05, 3.63) is 16.3 Å². The minimum Gasteiger partial charge on any atom is -0.465 e. The third-order valence-electron chi connectivity index (χ3n) is 2.02. The van der Waals surface area contributed by atoms with Crippen LogP contribution in [0, 0.1) is 0 Å². The van der Waals surface area contributed by atoms with Crippen LogP contribution in [0.15, 0.2) is 11.4 Å². The van der Waals surface area contributed by atoms with Gasteiger partial charge in [0.25, 0.3) is 0 Å². The van der Waals surface area contributed by atoms with Crippen molar-refractivity contribution >= 4 is 42.9 Å². The van der Waals surface area contributed by atoms with Crippen LogP contribution < -0.4 is 4.72 Å². The average Bonchev–Trinajstić information content (AvgIpc) is 2.72. The van der Waals surface area contributed by atoms with E-state index in [2.05, 4.69) is 9.46 Å². The van der Waals surface area contributed by atoms with Crippen molar-refractivity contribution in [3.8, 4) is 0 Å². The van der Waals surface area contributed by atoms with Crippen molar-refractivity contribution in [3.63, 3.8) is 0 Å². The fourth-order valence-electron chi connectivity index (χ4n) is 1.12. The molecular formula is C9H13NO6S3. The van der Waals surface area contributed by atoms with Crippen LogP contribution in [-0.4, -0.2) is 47.7 Å². The predicted octanol–water partition coefficient (Wildman–Crippen LogP) is 0.321. The Labute approximate surface area is 115 Å². The monoisotopic (exact) mass is 327 g/mol. The fraction of sp³-hybridized carbons (Fsp3) is 0.444. The number of sulfonamides is 1. The summed E-state index contributed by atoms with van der Waals surface area (Å²) in [6.07, 6.45) is 0.951. The molecule has 0 radical (unpaired) electrons. The molecule has 1 rings (SSSR count). The largest absolute Gasteiger partial charge is 0.465 e. The standard InChI is InChI=1S/C9H13NO6S3/c1-16-9(11)8-7(3-4-17-8)10-19(14,15)6-5-18(2,12)13/h3-4,10H,5-6H2,1-2H3. The molecule has 0 aliphatic rings. The second-order valence-corrected chi connectivity index (χ2v) is 8.72. The molecule has 1 aromatic heterocycles. The Morgan fingerprint density at radius 1 is 1.32 bits per heavy atom. The van der Waals surface area contributed by atoms with Gasteiger partial charge in [-0.1, -0.05) is 0 Å². The van der Waals surface area contributed by atoms with E-state index in [4.69, 9.17) is 0 Å². The summed E-state index contributed by atoms with van der Waals surface area (Å²) in [6.45, 7) is 0. The van der Waals surface area contributed by atoms with E-state index >= 15 is 0 Å². The summed E-state index contributed by atoms with van der Waals surface area (Å²) in [5, 5.41) is 1.53. The van der Waals surface area contributed by atoms with Gasteiger partial charge in [0.15, 0.2) is 0 Å². The minimum atomic E-state index is -3.83. The summed E-state index contributed by atoms with van der Waals surface area (Å²) in [5.74, 6) is -1.71. The van der Waals surface area contributed by atoms with Gasteiger partial charge >= 0.3 is 5.97 Å². The van der Waals surface area contributed by atoms with Gasteiger partial charge in [0.2, 0.25) is 10.0 Å². The summed E-state index contributed by atoms with van der Waals surface area (Å²) < 4.78 is 51.9. The topological polar surface area (TPSA) is 107 Å². The third-order valence-corrected chi connectivity index (χ3v) is 5.40. The zero-order valence-electron chi connectivity index (χ0n) is 10.2. The number of rotatable bonds is 6. The Morgan fingerprint density at radius 2 is 1.95 bits per heavy atom. The summed E-state index contributed by atoms with van der Waals surface area (Å²) in [6, 6.07) is 1.41. The lowest BCUT2D eigenvalue weighted by atomic mass is 10.4. The van der Waals surface area contributed by atoms with Crippen molar-refractivity contribution in [2.75, 3.05) is 29.6 Å². The van der Waals surface area contributed by atoms with Crippen LogP contribution in [0.3, 0.4) is 0 Å². The number of nitrogens with one attached hydrogen (secondary N) is 1. The van der Waals surface area contributed by atoms with Gasteiger partial charge in [-0.25, -0.2) is 21.6 Å². The van der Waals surface area contributed by atoms with Crippen LogP contribution in [0.25, 0.3) is 0 Å². The van der Waals surface area contributed by atoms with E-state index in [1.54, 1.807) is 0 Å². The van der Waals surface area contributed by atoms with Gasteiger partial charge in [-0.05, 0) is 11.4 Å². The Kier molecular flexibility index (Phi) is 4.93. The molecule has 19 heavy (non-hydrogen) atoms. The number of carbonyl (C=O) groups is 1. The maximum atomic E-state index is 11.7. The van der Waals surface area contributed by atoms with Crippen molar-refractivity contribution in [1.29, 1.82) is 0 Å². The number of esters is 1. The van der Waals surface area contributed by atoms with Gasteiger partial charge in [0, 0.05) is 6.26 Å². The maximum absolute atomic E-state index is 11.7. The van der Waals surface area contributed by atoms with E-state index in [0.717, 1.165) is 17.6 Å². The smallest absolute Gasteiger partial charge is 0.350 e. The second kappa shape index (κ2) is 5.88. The Hall–Kier alpha value is -1.13. The predicted molar refractivity (Wildman–Crippen MR) is 72.8 cm³/mol. The van der Waals surface area contributed by atoms with Gasteiger partial charge in [-0.15, -0.1) is 11.3 Å². The summed E-state index contributed by atoms with van der Waals surface area (Å²) >= 11 is 1.03. The van der Waals surface area contributed by atoms with Crippen molar-refractivity contribution in [2.24, 2.45) is 0 Å². The van der Waals surface area contributed by atoms with Crippen LogP contribution in [-0.2, 0) is 24.6 Å². The highest BCUT2D eigenvalue weighted by molar-refractivity contribution is 7.95. The lowest BCUT2D eigenvalue weighted by Crippen LogP contribution is -2.23. The highest BCUT2D eigenvalue weighted by Crippen LogP contribution is 2.24. The number of thiophene rings is 1. The molecule has 0 atom stereocenters. The fourth-order valence-corrected chi connectivity index (χ4v) is 4.65. The maximum Gasteiger partial charge on any atom is 0.350 e. The second-order valence-electron chi connectivity index (χ2n) is 3.71. The summed E-state index contributed by atoms with van der Waals surface area (Å²) in [5.41, 5.74) is 0.0883. The molecule has 0 aliphatic heterocycles. The number of carbonyl (C=O) groups excluding carboxylic acids is 1. The molecular weight excluding hydrogens is 314 g/mol. The number of hydrogen-bond donors (Lipinski definition) is 1. The number of hydrogen-bond acceptors (Lipinski definition) is 7. The zero-order valence-corrected chi connectivity index (χ0v) is 12.7. The van der Waals surface area contributed by atoms with Gasteiger partial charge < -0.3 is 4.74 Å². The molecule has 0 unspecified atom stereocenters. The Balaban J connectivity index is 2.85. The molecule has 0 fully saturated rings. The van der Waals surface area contributed by atoms with E-state index in [9.17, 15) is 21.6 Å². The van der Waals surface area contributed by atoms with E-state index in [-0.39, 0.29) is 10.6 Å².